The summed E-state index contributed by atoms with van der Waals surface area (Å²) in [4.78, 5) is 38.6. The number of methoxy groups -OCH3 is 1. The zero-order valence-electron chi connectivity index (χ0n) is 16.2. The lowest BCUT2D eigenvalue weighted by atomic mass is 10.1. The van der Waals surface area contributed by atoms with E-state index in [0.29, 0.717) is 24.6 Å². The van der Waals surface area contributed by atoms with E-state index < -0.39 is 0 Å². The molecule has 2 aromatic rings. The summed E-state index contributed by atoms with van der Waals surface area (Å²) in [6.45, 7) is 3.38. The molecule has 1 fully saturated rings. The fourth-order valence-electron chi connectivity index (χ4n) is 3.10. The topological polar surface area (TPSA) is 80.6 Å². The van der Waals surface area contributed by atoms with Gasteiger partial charge in [-0.25, -0.2) is 0 Å². The number of rotatable bonds is 8. The van der Waals surface area contributed by atoms with Crippen LogP contribution in [0.2, 0.25) is 0 Å². The lowest BCUT2D eigenvalue weighted by Gasteiger charge is -2.09. The normalized spacial score (nSPS) is 15.7. The number of ether oxygens (including phenoxy) is 1. The van der Waals surface area contributed by atoms with Gasteiger partial charge in [-0.05, 0) is 42.5 Å². The molecule has 1 aliphatic rings. The van der Waals surface area contributed by atoms with Gasteiger partial charge in [-0.15, -0.1) is 0 Å². The van der Waals surface area contributed by atoms with Crippen LogP contribution in [0.4, 0.5) is 4.79 Å². The number of nitrogens with zero attached hydrogens (tertiary/aromatic N) is 2. The Morgan fingerprint density at radius 1 is 1.34 bits per heavy atom. The number of nitrogens with one attached hydrogen (secondary N) is 1. The molecule has 0 atom stereocenters. The number of halogens is 1. The summed E-state index contributed by atoms with van der Waals surface area (Å²) in [5.41, 5.74) is 1.65. The summed E-state index contributed by atoms with van der Waals surface area (Å²) < 4.78 is 7.68. The van der Waals surface area contributed by atoms with Gasteiger partial charge in [0, 0.05) is 47.3 Å². The fourth-order valence-corrected chi connectivity index (χ4v) is 4.32. The number of thioether (sulfide) groups is 1. The molecule has 0 radical (unpaired) electrons. The number of carbonyl (C=O) groups is 3. The lowest BCUT2D eigenvalue weighted by Crippen LogP contribution is -2.30. The molecule has 0 spiro atoms. The third-order valence-electron chi connectivity index (χ3n) is 4.42. The van der Waals surface area contributed by atoms with Crippen molar-refractivity contribution in [3.63, 3.8) is 0 Å². The first-order chi connectivity index (χ1) is 13.9. The van der Waals surface area contributed by atoms with Crippen molar-refractivity contribution in [3.05, 3.63) is 39.3 Å². The minimum absolute atomic E-state index is 0.128. The second kappa shape index (κ2) is 9.60. The Morgan fingerprint density at radius 2 is 2.14 bits per heavy atom. The van der Waals surface area contributed by atoms with Crippen molar-refractivity contribution in [3.8, 4) is 0 Å². The van der Waals surface area contributed by atoms with Gasteiger partial charge in [-0.2, -0.15) is 0 Å². The van der Waals surface area contributed by atoms with Gasteiger partial charge in [0.15, 0.2) is 0 Å². The molecule has 29 heavy (non-hydrogen) atoms. The summed E-state index contributed by atoms with van der Waals surface area (Å²) >= 11 is 4.43. The molecule has 1 aromatic heterocycles. The van der Waals surface area contributed by atoms with Crippen LogP contribution in [0.15, 0.2) is 33.8 Å². The van der Waals surface area contributed by atoms with Crippen molar-refractivity contribution in [2.75, 3.05) is 26.8 Å². The van der Waals surface area contributed by atoms with Crippen molar-refractivity contribution < 1.29 is 19.1 Å². The van der Waals surface area contributed by atoms with Gasteiger partial charge in [0.1, 0.15) is 6.54 Å². The van der Waals surface area contributed by atoms with Crippen LogP contribution in [0.25, 0.3) is 17.0 Å². The molecule has 0 unspecified atom stereocenters. The molecule has 0 aliphatic carbocycles. The number of aromatic nitrogens is 1. The van der Waals surface area contributed by atoms with Crippen LogP contribution >= 0.6 is 27.7 Å². The van der Waals surface area contributed by atoms with Crippen LogP contribution in [-0.2, 0) is 20.9 Å². The van der Waals surface area contributed by atoms with Crippen molar-refractivity contribution >= 4 is 61.7 Å². The second-order valence-electron chi connectivity index (χ2n) is 6.55. The first kappa shape index (κ1) is 21.6. The van der Waals surface area contributed by atoms with Crippen LogP contribution in [-0.4, -0.2) is 53.3 Å². The molecule has 154 valence electrons. The van der Waals surface area contributed by atoms with E-state index in [1.807, 2.05) is 35.9 Å². The second-order valence-corrected chi connectivity index (χ2v) is 8.46. The van der Waals surface area contributed by atoms with Crippen LogP contribution in [0.5, 0.6) is 0 Å². The zero-order valence-corrected chi connectivity index (χ0v) is 18.6. The Hall–Kier alpha value is -2.10. The predicted molar refractivity (Wildman–Crippen MR) is 117 cm³/mol. The Labute approximate surface area is 181 Å². The molecule has 0 bridgehead atoms. The fraction of sp³-hybridized carbons (Fsp3) is 0.350. The summed E-state index contributed by atoms with van der Waals surface area (Å²) in [6, 6.07) is 5.76. The third kappa shape index (κ3) is 4.91. The summed E-state index contributed by atoms with van der Waals surface area (Å²) in [5, 5.41) is 3.45. The highest BCUT2D eigenvalue weighted by molar-refractivity contribution is 9.10. The summed E-state index contributed by atoms with van der Waals surface area (Å²) in [7, 11) is 1.58. The van der Waals surface area contributed by atoms with Gasteiger partial charge in [0.05, 0.1) is 11.5 Å². The van der Waals surface area contributed by atoms with Gasteiger partial charge in [-0.1, -0.05) is 22.9 Å². The van der Waals surface area contributed by atoms with E-state index in [1.54, 1.807) is 13.2 Å². The van der Waals surface area contributed by atoms with Crippen molar-refractivity contribution in [1.82, 2.24) is 14.8 Å². The maximum Gasteiger partial charge on any atom is 0.293 e. The maximum absolute atomic E-state index is 12.6. The highest BCUT2D eigenvalue weighted by Gasteiger charge is 2.34. The van der Waals surface area contributed by atoms with Crippen molar-refractivity contribution in [1.29, 1.82) is 0 Å². The first-order valence-corrected chi connectivity index (χ1v) is 10.8. The highest BCUT2D eigenvalue weighted by atomic mass is 79.9. The molecule has 1 saturated heterocycles. The summed E-state index contributed by atoms with van der Waals surface area (Å²) in [6.07, 6.45) is 4.28. The Kier molecular flexibility index (Phi) is 7.15. The number of carbonyl (C=O) groups excluding carboxylic acids is 3. The molecule has 3 rings (SSSR count). The standard InChI is InChI=1S/C20H22BrN3O4S/c1-3-7-24-19(26)17(29-20(24)27)9-13-11-23(12-18(25)22-6-8-28-2)16-5-4-14(21)10-15(13)16/h4-5,9-11H,3,6-8,12H2,1-2H3,(H,22,25)/b17-9-. The third-order valence-corrected chi connectivity index (χ3v) is 5.82. The molecular formula is C20H22BrN3O4S. The molecule has 1 aromatic carbocycles. The molecular weight excluding hydrogens is 458 g/mol. The van der Waals surface area contributed by atoms with E-state index in [4.69, 9.17) is 4.74 Å². The minimum Gasteiger partial charge on any atom is -0.383 e. The Balaban J connectivity index is 1.92. The number of hydrogen-bond donors (Lipinski definition) is 1. The van der Waals surface area contributed by atoms with E-state index in [-0.39, 0.29) is 23.6 Å². The number of hydrogen-bond acceptors (Lipinski definition) is 5. The number of amides is 3. The molecule has 0 saturated carbocycles. The molecule has 1 aliphatic heterocycles. The average Bonchev–Trinajstić information content (AvgIpc) is 3.14. The molecule has 1 N–H and O–H groups in total. The minimum atomic E-state index is -0.268. The van der Waals surface area contributed by atoms with Crippen LogP contribution < -0.4 is 5.32 Å². The monoisotopic (exact) mass is 479 g/mol. The quantitative estimate of drug-likeness (QED) is 0.461. The lowest BCUT2D eigenvalue weighted by molar-refractivity contribution is -0.123. The molecule has 2 heterocycles. The molecule has 3 amide bonds. The predicted octanol–water partition coefficient (Wildman–Crippen LogP) is 3.61. The smallest absolute Gasteiger partial charge is 0.293 e. The van der Waals surface area contributed by atoms with Gasteiger partial charge < -0.3 is 14.6 Å². The van der Waals surface area contributed by atoms with Gasteiger partial charge in [-0.3, -0.25) is 19.3 Å². The van der Waals surface area contributed by atoms with E-state index >= 15 is 0 Å². The van der Waals surface area contributed by atoms with E-state index in [2.05, 4.69) is 21.2 Å². The maximum atomic E-state index is 12.6. The van der Waals surface area contributed by atoms with Crippen LogP contribution in [0.1, 0.15) is 18.9 Å². The summed E-state index contributed by atoms with van der Waals surface area (Å²) in [5.74, 6) is -0.397. The largest absolute Gasteiger partial charge is 0.383 e. The zero-order chi connectivity index (χ0) is 21.0. The number of fused-ring (bicyclic) bond motifs is 1. The Morgan fingerprint density at radius 3 is 2.86 bits per heavy atom. The van der Waals surface area contributed by atoms with Gasteiger partial charge >= 0.3 is 0 Å². The Bertz CT molecular complexity index is 986. The molecule has 7 nitrogen and oxygen atoms in total. The average molecular weight is 480 g/mol. The van der Waals surface area contributed by atoms with Gasteiger partial charge in [0.2, 0.25) is 5.91 Å². The number of imide groups is 1. The van der Waals surface area contributed by atoms with Gasteiger partial charge in [0.25, 0.3) is 11.1 Å². The molecule has 9 heteroatoms. The van der Waals surface area contributed by atoms with Crippen LogP contribution in [0, 0.1) is 0 Å². The highest BCUT2D eigenvalue weighted by Crippen LogP contribution is 2.34. The first-order valence-electron chi connectivity index (χ1n) is 9.24. The van der Waals surface area contributed by atoms with E-state index in [1.165, 1.54) is 4.90 Å². The van der Waals surface area contributed by atoms with Crippen LogP contribution in [0.3, 0.4) is 0 Å². The number of benzene rings is 1. The van der Waals surface area contributed by atoms with E-state index in [0.717, 1.165) is 39.1 Å². The van der Waals surface area contributed by atoms with E-state index in [9.17, 15) is 14.4 Å². The SMILES string of the molecule is CCCN1C(=O)S/C(=C\c2cn(CC(=O)NCCOC)c3ccc(Br)cc23)C1=O. The van der Waals surface area contributed by atoms with Crippen molar-refractivity contribution in [2.45, 2.75) is 19.9 Å². The van der Waals surface area contributed by atoms with Crippen molar-refractivity contribution in [2.24, 2.45) is 0 Å².